The van der Waals surface area contributed by atoms with E-state index in [4.69, 9.17) is 0 Å². The highest BCUT2D eigenvalue weighted by Crippen LogP contribution is 2.15. The van der Waals surface area contributed by atoms with Crippen LogP contribution in [0.2, 0.25) is 0 Å². The number of nitrogens with one attached hydrogen (secondary N) is 1. The van der Waals surface area contributed by atoms with Crippen LogP contribution < -0.4 is 5.32 Å². The van der Waals surface area contributed by atoms with Crippen molar-refractivity contribution in [2.45, 2.75) is 34.2 Å². The Bertz CT molecular complexity index is 646. The normalized spacial score (nSPS) is 12.2. The van der Waals surface area contributed by atoms with E-state index in [0.29, 0.717) is 12.2 Å². The molecule has 0 saturated heterocycles. The van der Waals surface area contributed by atoms with Crippen molar-refractivity contribution in [3.05, 3.63) is 47.0 Å². The molecule has 1 heterocycles. The van der Waals surface area contributed by atoms with Crippen LogP contribution in [0.3, 0.4) is 0 Å². The summed E-state index contributed by atoms with van der Waals surface area (Å²) in [4.78, 5) is 12.2. The number of amides is 1. The molecule has 4 nitrogen and oxygen atoms in total. The lowest BCUT2D eigenvalue weighted by Crippen LogP contribution is -2.25. The molecule has 0 bridgehead atoms. The topological polar surface area (TPSA) is 46.9 Å². The van der Waals surface area contributed by atoms with E-state index in [0.717, 1.165) is 17.0 Å². The number of carbonyl (C=O) groups is 1. The molecule has 2 aromatic rings. The van der Waals surface area contributed by atoms with Crippen LogP contribution in [0.25, 0.3) is 0 Å². The SMILES string of the molecule is Cc1nn(C[C@@H](C)C(=O)Nc2ccc(F)cc2)c(C)c1C. The average Bonchev–Trinajstić information content (AvgIpc) is 2.69. The summed E-state index contributed by atoms with van der Waals surface area (Å²) in [6, 6.07) is 5.75. The lowest BCUT2D eigenvalue weighted by Gasteiger charge is -2.13. The quantitative estimate of drug-likeness (QED) is 0.939. The van der Waals surface area contributed by atoms with Gasteiger partial charge >= 0.3 is 0 Å². The Morgan fingerprint density at radius 2 is 1.90 bits per heavy atom. The number of hydrogen-bond donors (Lipinski definition) is 1. The summed E-state index contributed by atoms with van der Waals surface area (Å²) >= 11 is 0. The van der Waals surface area contributed by atoms with Crippen molar-refractivity contribution >= 4 is 11.6 Å². The summed E-state index contributed by atoms with van der Waals surface area (Å²) in [5, 5.41) is 7.22. The summed E-state index contributed by atoms with van der Waals surface area (Å²) in [5.41, 5.74) is 3.81. The number of nitrogens with zero attached hydrogens (tertiary/aromatic N) is 2. The summed E-state index contributed by atoms with van der Waals surface area (Å²) in [7, 11) is 0. The van der Waals surface area contributed by atoms with Gasteiger partial charge in [0.25, 0.3) is 0 Å². The number of hydrogen-bond acceptors (Lipinski definition) is 2. The number of benzene rings is 1. The first-order chi connectivity index (χ1) is 9.88. The Hall–Kier alpha value is -2.17. The largest absolute Gasteiger partial charge is 0.326 e. The van der Waals surface area contributed by atoms with Crippen LogP contribution >= 0.6 is 0 Å². The zero-order chi connectivity index (χ0) is 15.6. The van der Waals surface area contributed by atoms with Crippen LogP contribution in [0.5, 0.6) is 0 Å². The van der Waals surface area contributed by atoms with E-state index < -0.39 is 0 Å². The second-order valence-corrected chi connectivity index (χ2v) is 5.38. The third kappa shape index (κ3) is 3.48. The zero-order valence-electron chi connectivity index (χ0n) is 12.8. The first-order valence-corrected chi connectivity index (χ1v) is 6.95. The second kappa shape index (κ2) is 6.08. The molecule has 0 aliphatic heterocycles. The number of rotatable bonds is 4. The van der Waals surface area contributed by atoms with Gasteiger partial charge in [0.05, 0.1) is 18.2 Å². The standard InChI is InChI=1S/C16H20FN3O/c1-10(9-20-13(4)11(2)12(3)19-20)16(21)18-15-7-5-14(17)6-8-15/h5-8,10H,9H2,1-4H3,(H,18,21)/t10-/m1/s1. The van der Waals surface area contributed by atoms with E-state index in [1.165, 1.54) is 12.1 Å². The van der Waals surface area contributed by atoms with E-state index in [2.05, 4.69) is 10.4 Å². The molecule has 0 aliphatic carbocycles. The fraction of sp³-hybridized carbons (Fsp3) is 0.375. The Balaban J connectivity index is 2.02. The predicted octanol–water partition coefficient (Wildman–Crippen LogP) is 3.22. The fourth-order valence-corrected chi connectivity index (χ4v) is 2.11. The molecule has 0 aliphatic rings. The van der Waals surface area contributed by atoms with E-state index in [-0.39, 0.29) is 17.6 Å². The molecule has 1 atom stereocenters. The maximum Gasteiger partial charge on any atom is 0.229 e. The van der Waals surface area contributed by atoms with Gasteiger partial charge in [0.2, 0.25) is 5.91 Å². The molecule has 21 heavy (non-hydrogen) atoms. The maximum absolute atomic E-state index is 12.8. The molecule has 0 radical (unpaired) electrons. The van der Waals surface area contributed by atoms with Crippen LogP contribution in [-0.2, 0) is 11.3 Å². The van der Waals surface area contributed by atoms with Gasteiger partial charge in [-0.05, 0) is 50.6 Å². The van der Waals surface area contributed by atoms with Gasteiger partial charge in [-0.3, -0.25) is 9.48 Å². The first-order valence-electron chi connectivity index (χ1n) is 6.95. The molecule has 0 unspecified atom stereocenters. The van der Waals surface area contributed by atoms with Gasteiger partial charge in [0, 0.05) is 11.4 Å². The van der Waals surface area contributed by atoms with E-state index in [1.54, 1.807) is 12.1 Å². The third-order valence-electron chi connectivity index (χ3n) is 3.75. The summed E-state index contributed by atoms with van der Waals surface area (Å²) < 4.78 is 14.7. The Morgan fingerprint density at radius 3 is 2.43 bits per heavy atom. The molecule has 0 spiro atoms. The number of aryl methyl sites for hydroxylation is 1. The summed E-state index contributed by atoms with van der Waals surface area (Å²) in [6.07, 6.45) is 0. The molecule has 5 heteroatoms. The summed E-state index contributed by atoms with van der Waals surface area (Å²) in [6.45, 7) is 8.36. The lowest BCUT2D eigenvalue weighted by molar-refractivity contribution is -0.119. The minimum Gasteiger partial charge on any atom is -0.326 e. The van der Waals surface area contributed by atoms with Gasteiger partial charge < -0.3 is 5.32 Å². The van der Waals surface area contributed by atoms with E-state index >= 15 is 0 Å². The van der Waals surface area contributed by atoms with Crippen molar-refractivity contribution in [3.63, 3.8) is 0 Å². The van der Waals surface area contributed by atoms with E-state index in [9.17, 15) is 9.18 Å². The minimum atomic E-state index is -0.320. The molecule has 112 valence electrons. The number of anilines is 1. The third-order valence-corrected chi connectivity index (χ3v) is 3.75. The fourth-order valence-electron chi connectivity index (χ4n) is 2.11. The van der Waals surface area contributed by atoms with Crippen LogP contribution in [0.1, 0.15) is 23.9 Å². The highest BCUT2D eigenvalue weighted by atomic mass is 19.1. The highest BCUT2D eigenvalue weighted by molar-refractivity contribution is 5.92. The maximum atomic E-state index is 12.8. The molecule has 1 N–H and O–H groups in total. The molecular weight excluding hydrogens is 269 g/mol. The molecule has 0 fully saturated rings. The molecule has 1 amide bonds. The Morgan fingerprint density at radius 1 is 1.29 bits per heavy atom. The predicted molar refractivity (Wildman–Crippen MR) is 80.6 cm³/mol. The van der Waals surface area contributed by atoms with Gasteiger partial charge in [-0.15, -0.1) is 0 Å². The number of halogens is 1. The van der Waals surface area contributed by atoms with Gasteiger partial charge in [0.1, 0.15) is 5.82 Å². The first kappa shape index (κ1) is 15.2. The van der Waals surface area contributed by atoms with Gasteiger partial charge in [-0.25, -0.2) is 4.39 Å². The molecule has 1 aromatic carbocycles. The minimum absolute atomic E-state index is 0.105. The Labute approximate surface area is 124 Å². The van der Waals surface area contributed by atoms with Crippen LogP contribution in [0, 0.1) is 32.5 Å². The van der Waals surface area contributed by atoms with E-state index in [1.807, 2.05) is 32.4 Å². The van der Waals surface area contributed by atoms with Gasteiger partial charge in [0.15, 0.2) is 0 Å². The van der Waals surface area contributed by atoms with Gasteiger partial charge in [-0.1, -0.05) is 6.92 Å². The van der Waals surface area contributed by atoms with Gasteiger partial charge in [-0.2, -0.15) is 5.10 Å². The second-order valence-electron chi connectivity index (χ2n) is 5.38. The average molecular weight is 289 g/mol. The smallest absolute Gasteiger partial charge is 0.229 e. The molecule has 0 saturated carbocycles. The van der Waals surface area contributed by atoms with Crippen molar-refractivity contribution in [1.82, 2.24) is 9.78 Å². The van der Waals surface area contributed by atoms with Crippen molar-refractivity contribution in [3.8, 4) is 0 Å². The Kier molecular flexibility index (Phi) is 4.40. The highest BCUT2D eigenvalue weighted by Gasteiger charge is 2.16. The number of aromatic nitrogens is 2. The van der Waals surface area contributed by atoms with Crippen LogP contribution in [0.15, 0.2) is 24.3 Å². The van der Waals surface area contributed by atoms with Crippen molar-refractivity contribution in [2.75, 3.05) is 5.32 Å². The molecule has 2 rings (SSSR count). The van der Waals surface area contributed by atoms with Crippen molar-refractivity contribution in [1.29, 1.82) is 0 Å². The number of carbonyl (C=O) groups excluding carboxylic acids is 1. The van der Waals surface area contributed by atoms with Crippen LogP contribution in [0.4, 0.5) is 10.1 Å². The monoisotopic (exact) mass is 289 g/mol. The summed E-state index contributed by atoms with van der Waals surface area (Å²) in [5.74, 6) is -0.654. The van der Waals surface area contributed by atoms with Crippen molar-refractivity contribution < 1.29 is 9.18 Å². The zero-order valence-corrected chi connectivity index (χ0v) is 12.8. The van der Waals surface area contributed by atoms with Crippen molar-refractivity contribution in [2.24, 2.45) is 5.92 Å². The lowest BCUT2D eigenvalue weighted by atomic mass is 10.1. The molecular formula is C16H20FN3O. The molecule has 1 aromatic heterocycles. The van der Waals surface area contributed by atoms with Crippen LogP contribution in [-0.4, -0.2) is 15.7 Å².